The molecule has 0 radical (unpaired) electrons. The number of sulfone groups is 1. The molecule has 108 valence electrons. The minimum absolute atomic E-state index is 0.136. The smallest absolute Gasteiger partial charge is 0.230 e. The molecular formula is C14H16FNO3S. The van der Waals surface area contributed by atoms with Crippen LogP contribution in [0.2, 0.25) is 0 Å². The first-order valence-electron chi connectivity index (χ1n) is 6.30. The highest BCUT2D eigenvalue weighted by Crippen LogP contribution is 2.24. The number of benzene rings is 1. The molecule has 20 heavy (non-hydrogen) atoms. The van der Waals surface area contributed by atoms with Crippen molar-refractivity contribution in [3.8, 4) is 0 Å². The number of carbonyl (C=O) groups excluding carboxylic acids is 1. The lowest BCUT2D eigenvalue weighted by Gasteiger charge is -2.29. The normalized spacial score (nSPS) is 20.3. The van der Waals surface area contributed by atoms with Crippen molar-refractivity contribution < 1.29 is 17.6 Å². The van der Waals surface area contributed by atoms with E-state index in [2.05, 4.69) is 0 Å². The van der Waals surface area contributed by atoms with Gasteiger partial charge in [-0.25, -0.2) is 12.8 Å². The van der Waals surface area contributed by atoms with Gasteiger partial charge in [0, 0.05) is 17.0 Å². The fourth-order valence-corrected chi connectivity index (χ4v) is 3.35. The second kappa shape index (κ2) is 5.36. The van der Waals surface area contributed by atoms with Gasteiger partial charge in [0.2, 0.25) is 5.91 Å². The van der Waals surface area contributed by atoms with Crippen molar-refractivity contribution in [3.05, 3.63) is 41.6 Å². The molecule has 0 saturated carbocycles. The Labute approximate surface area is 117 Å². The lowest BCUT2D eigenvalue weighted by Crippen LogP contribution is -2.43. The first-order chi connectivity index (χ1) is 9.30. The Morgan fingerprint density at radius 1 is 1.30 bits per heavy atom. The van der Waals surface area contributed by atoms with E-state index in [-0.39, 0.29) is 17.6 Å². The highest BCUT2D eigenvalue weighted by atomic mass is 32.2. The van der Waals surface area contributed by atoms with Gasteiger partial charge in [0.05, 0.1) is 11.8 Å². The van der Waals surface area contributed by atoms with Crippen molar-refractivity contribution in [2.75, 3.05) is 10.7 Å². The van der Waals surface area contributed by atoms with Gasteiger partial charge in [-0.15, -0.1) is 0 Å². The molecule has 0 saturated heterocycles. The van der Waals surface area contributed by atoms with Gasteiger partial charge in [-0.2, -0.15) is 0 Å². The Hall–Kier alpha value is -1.69. The summed E-state index contributed by atoms with van der Waals surface area (Å²) >= 11 is 0. The average Bonchev–Trinajstić information content (AvgIpc) is 2.72. The van der Waals surface area contributed by atoms with Crippen molar-refractivity contribution in [1.82, 2.24) is 0 Å². The van der Waals surface area contributed by atoms with Gasteiger partial charge in [-0.05, 0) is 30.3 Å². The maximum absolute atomic E-state index is 13.0. The fourth-order valence-electron chi connectivity index (χ4n) is 2.08. The van der Waals surface area contributed by atoms with Gasteiger partial charge in [0.15, 0.2) is 9.84 Å². The Morgan fingerprint density at radius 2 is 1.90 bits per heavy atom. The van der Waals surface area contributed by atoms with Crippen LogP contribution in [0.4, 0.5) is 10.1 Å². The quantitative estimate of drug-likeness (QED) is 0.859. The molecule has 6 heteroatoms. The monoisotopic (exact) mass is 297 g/mol. The van der Waals surface area contributed by atoms with E-state index < -0.39 is 21.7 Å². The summed E-state index contributed by atoms with van der Waals surface area (Å²) in [5, 5.41) is 1.13. The van der Waals surface area contributed by atoms with E-state index >= 15 is 0 Å². The van der Waals surface area contributed by atoms with Crippen LogP contribution in [0.25, 0.3) is 0 Å². The van der Waals surface area contributed by atoms with Crippen LogP contribution in [-0.4, -0.2) is 26.1 Å². The predicted molar refractivity (Wildman–Crippen MR) is 75.4 cm³/mol. The van der Waals surface area contributed by atoms with E-state index in [4.69, 9.17) is 0 Å². The van der Waals surface area contributed by atoms with Gasteiger partial charge >= 0.3 is 0 Å². The van der Waals surface area contributed by atoms with Crippen LogP contribution < -0.4 is 4.90 Å². The van der Waals surface area contributed by atoms with Crippen molar-refractivity contribution in [3.63, 3.8) is 0 Å². The van der Waals surface area contributed by atoms with Gasteiger partial charge < -0.3 is 4.90 Å². The lowest BCUT2D eigenvalue weighted by atomic mass is 10.1. The van der Waals surface area contributed by atoms with E-state index in [0.29, 0.717) is 5.69 Å². The molecule has 0 N–H and O–H groups in total. The second-order valence-corrected chi connectivity index (χ2v) is 7.00. The zero-order valence-electron chi connectivity index (χ0n) is 11.3. The third-order valence-corrected chi connectivity index (χ3v) is 4.46. The minimum atomic E-state index is -3.26. The molecule has 1 aromatic rings. The summed E-state index contributed by atoms with van der Waals surface area (Å²) in [5.41, 5.74) is 0.497. The maximum atomic E-state index is 13.0. The summed E-state index contributed by atoms with van der Waals surface area (Å²) in [5.74, 6) is -1.01. The molecule has 1 heterocycles. The summed E-state index contributed by atoms with van der Waals surface area (Å²) in [6.45, 7) is 3.48. The first kappa shape index (κ1) is 14.7. The van der Waals surface area contributed by atoms with Crippen molar-refractivity contribution >= 4 is 21.4 Å². The van der Waals surface area contributed by atoms with Crippen molar-refractivity contribution in [2.24, 2.45) is 5.92 Å². The first-order valence-corrected chi connectivity index (χ1v) is 8.01. The molecule has 1 aliphatic rings. The van der Waals surface area contributed by atoms with Crippen molar-refractivity contribution in [2.45, 2.75) is 19.9 Å². The van der Waals surface area contributed by atoms with Crippen molar-refractivity contribution in [1.29, 1.82) is 0 Å². The Morgan fingerprint density at radius 3 is 2.35 bits per heavy atom. The third-order valence-electron chi connectivity index (χ3n) is 3.08. The molecule has 1 aromatic carbocycles. The van der Waals surface area contributed by atoms with Gasteiger partial charge in [0.1, 0.15) is 5.82 Å². The summed E-state index contributed by atoms with van der Waals surface area (Å²) in [4.78, 5) is 13.8. The number of halogens is 1. The molecule has 1 atom stereocenters. The molecule has 0 bridgehead atoms. The Bertz CT molecular complexity index is 635. The number of hydrogen-bond acceptors (Lipinski definition) is 3. The van der Waals surface area contributed by atoms with Gasteiger partial charge in [-0.3, -0.25) is 4.79 Å². The summed E-state index contributed by atoms with van der Waals surface area (Å²) in [7, 11) is -3.26. The van der Waals surface area contributed by atoms with Crippen LogP contribution in [0.15, 0.2) is 35.7 Å². The molecule has 1 amide bonds. The van der Waals surface area contributed by atoms with Gasteiger partial charge in [0.25, 0.3) is 0 Å². The minimum Gasteiger partial charge on any atom is -0.304 e. The summed E-state index contributed by atoms with van der Waals surface area (Å²) in [6.07, 6.45) is 1.50. The predicted octanol–water partition coefficient (Wildman–Crippen LogP) is 2.13. The third kappa shape index (κ3) is 3.07. The molecule has 0 aliphatic carbocycles. The van der Waals surface area contributed by atoms with E-state index in [1.54, 1.807) is 13.8 Å². The Balaban J connectivity index is 2.38. The zero-order chi connectivity index (χ0) is 14.9. The van der Waals surface area contributed by atoms with Crippen LogP contribution in [0.5, 0.6) is 0 Å². The van der Waals surface area contributed by atoms with E-state index in [0.717, 1.165) is 5.41 Å². The number of anilines is 1. The lowest BCUT2D eigenvalue weighted by molar-refractivity contribution is -0.121. The Kier molecular flexibility index (Phi) is 3.94. The number of carbonyl (C=O) groups is 1. The van der Waals surface area contributed by atoms with E-state index in [1.807, 2.05) is 0 Å². The second-order valence-electron chi connectivity index (χ2n) is 5.06. The maximum Gasteiger partial charge on any atom is 0.230 e. The largest absolute Gasteiger partial charge is 0.304 e. The number of amides is 1. The number of hydrogen-bond donors (Lipinski definition) is 0. The SMILES string of the molecule is CC(C)C(=O)N(c1ccc(F)cc1)[C@H]1C=CS(=O)(=O)C1. The van der Waals surface area contributed by atoms with Crippen LogP contribution in [0.1, 0.15) is 13.8 Å². The van der Waals surface area contributed by atoms with E-state index in [1.165, 1.54) is 35.2 Å². The molecule has 1 aliphatic heterocycles. The molecule has 0 spiro atoms. The molecular weight excluding hydrogens is 281 g/mol. The summed E-state index contributed by atoms with van der Waals surface area (Å²) in [6, 6.07) is 4.93. The number of nitrogens with zero attached hydrogens (tertiary/aromatic N) is 1. The highest BCUT2D eigenvalue weighted by Gasteiger charge is 2.32. The molecule has 4 nitrogen and oxygen atoms in total. The fraction of sp³-hybridized carbons (Fsp3) is 0.357. The highest BCUT2D eigenvalue weighted by molar-refractivity contribution is 7.94. The van der Waals surface area contributed by atoms with E-state index in [9.17, 15) is 17.6 Å². The van der Waals surface area contributed by atoms with Crippen LogP contribution in [-0.2, 0) is 14.6 Å². The molecule has 0 unspecified atom stereocenters. The van der Waals surface area contributed by atoms with Crippen LogP contribution in [0, 0.1) is 11.7 Å². The standard InChI is InChI=1S/C14H16FNO3S/c1-10(2)14(17)16(12-5-3-11(15)4-6-12)13-7-8-20(18,19)9-13/h3-8,10,13H,9H2,1-2H3/t13-/m0/s1. The topological polar surface area (TPSA) is 54.5 Å². The molecule has 0 aromatic heterocycles. The number of rotatable bonds is 3. The molecule has 2 rings (SSSR count). The van der Waals surface area contributed by atoms with Gasteiger partial charge in [-0.1, -0.05) is 13.8 Å². The zero-order valence-corrected chi connectivity index (χ0v) is 12.1. The van der Waals surface area contributed by atoms with Crippen LogP contribution in [0.3, 0.4) is 0 Å². The summed E-state index contributed by atoms with van der Waals surface area (Å²) < 4.78 is 36.1. The average molecular weight is 297 g/mol. The van der Waals surface area contributed by atoms with Crippen LogP contribution >= 0.6 is 0 Å². The molecule has 0 fully saturated rings.